The minimum Gasteiger partial charge on any atom is -0.478 e. The van der Waals surface area contributed by atoms with E-state index in [1.165, 1.54) is 19.3 Å². The third-order valence-corrected chi connectivity index (χ3v) is 8.12. The monoisotopic (exact) mass is 621 g/mol. The quantitative estimate of drug-likeness (QED) is 0.144. The number of nitrogens with one attached hydrogen (secondary N) is 3. The Kier molecular flexibility index (Phi) is 10.1. The zero-order valence-corrected chi connectivity index (χ0v) is 25.0. The number of hydrogen-bond donors (Lipinski definition) is 4. The summed E-state index contributed by atoms with van der Waals surface area (Å²) in [4.78, 5) is 38.2. The molecule has 0 unspecified atom stereocenters. The molecule has 5 rings (SSSR count). The molecule has 0 aliphatic heterocycles. The fourth-order valence-electron chi connectivity index (χ4n) is 5.20. The Bertz CT molecular complexity index is 1540. The molecule has 0 bridgehead atoms. The number of nitrogens with zero attached hydrogens (tertiary/aromatic N) is 4. The fraction of sp³-hybridized carbons (Fsp3) is 0.323. The van der Waals surface area contributed by atoms with Crippen LogP contribution in [0.2, 0.25) is 10.0 Å². The lowest BCUT2D eigenvalue weighted by molar-refractivity contribution is -0.122. The van der Waals surface area contributed by atoms with Crippen LogP contribution in [0, 0.1) is 5.92 Å². The molecule has 10 nitrogen and oxygen atoms in total. The summed E-state index contributed by atoms with van der Waals surface area (Å²) >= 11 is 12.4. The Morgan fingerprint density at radius 2 is 1.79 bits per heavy atom. The van der Waals surface area contributed by atoms with Gasteiger partial charge in [-0.2, -0.15) is 9.97 Å². The van der Waals surface area contributed by atoms with Crippen LogP contribution in [0.15, 0.2) is 67.3 Å². The minimum absolute atomic E-state index is 0.146. The second-order valence-corrected chi connectivity index (χ2v) is 11.5. The van der Waals surface area contributed by atoms with Crippen molar-refractivity contribution in [1.82, 2.24) is 24.8 Å². The van der Waals surface area contributed by atoms with E-state index in [-0.39, 0.29) is 18.0 Å². The van der Waals surface area contributed by atoms with Crippen molar-refractivity contribution in [3.8, 4) is 5.82 Å². The van der Waals surface area contributed by atoms with E-state index in [0.717, 1.165) is 24.0 Å². The lowest BCUT2D eigenvalue weighted by atomic mass is 9.84. The summed E-state index contributed by atoms with van der Waals surface area (Å²) in [6.45, 7) is 0.649. The number of halogens is 2. The molecule has 0 spiro atoms. The molecule has 1 saturated carbocycles. The summed E-state index contributed by atoms with van der Waals surface area (Å²) < 4.78 is 1.76. The van der Waals surface area contributed by atoms with Crippen LogP contribution in [0.25, 0.3) is 5.82 Å². The third-order valence-electron chi connectivity index (χ3n) is 7.53. The Morgan fingerprint density at radius 3 is 2.49 bits per heavy atom. The van der Waals surface area contributed by atoms with Gasteiger partial charge < -0.3 is 21.1 Å². The highest BCUT2D eigenvalue weighted by Gasteiger charge is 2.25. The molecule has 43 heavy (non-hydrogen) atoms. The van der Waals surface area contributed by atoms with E-state index in [2.05, 4.69) is 30.9 Å². The Balaban J connectivity index is 1.36. The highest BCUT2D eigenvalue weighted by molar-refractivity contribution is 6.35. The highest BCUT2D eigenvalue weighted by atomic mass is 35.5. The van der Waals surface area contributed by atoms with Crippen LogP contribution in [0.4, 0.5) is 11.8 Å². The minimum atomic E-state index is -0.977. The van der Waals surface area contributed by atoms with Crippen molar-refractivity contribution < 1.29 is 14.7 Å². The number of hydrogen-bond acceptors (Lipinski definition) is 7. The average Bonchev–Trinajstić information content (AvgIpc) is 3.55. The third kappa shape index (κ3) is 8.46. The van der Waals surface area contributed by atoms with Crippen molar-refractivity contribution in [2.45, 2.75) is 57.7 Å². The first-order chi connectivity index (χ1) is 20.8. The molecular weight excluding hydrogens is 589 g/mol. The molecule has 12 heteroatoms. The standard InChI is InChI=1S/C31H33Cl2N7O3/c32-24-11-10-23(25(33)15-24)18-35-29(41)26(14-20-4-2-1-3-5-20)37-27-16-28(40-13-12-34-19-40)39-31(38-27)36-17-21-6-8-22(9-7-21)30(42)43/h6-13,15-16,19-20,26H,1-5,14,17-18H2,(H,35,41)(H,42,43)(H2,36,37,38,39)/t26-/m1/s1. The van der Waals surface area contributed by atoms with E-state index in [4.69, 9.17) is 23.2 Å². The molecule has 0 radical (unpaired) electrons. The van der Waals surface area contributed by atoms with Gasteiger partial charge in [-0.15, -0.1) is 0 Å². The molecule has 1 aliphatic rings. The van der Waals surface area contributed by atoms with Crippen LogP contribution in [-0.2, 0) is 17.9 Å². The molecule has 1 fully saturated rings. The summed E-state index contributed by atoms with van der Waals surface area (Å²) in [7, 11) is 0. The first-order valence-electron chi connectivity index (χ1n) is 14.3. The van der Waals surface area contributed by atoms with E-state index < -0.39 is 12.0 Å². The number of imidazole rings is 1. The first kappa shape index (κ1) is 30.3. The number of carbonyl (C=O) groups excluding carboxylic acids is 1. The van der Waals surface area contributed by atoms with Gasteiger partial charge in [0.05, 0.1) is 5.56 Å². The van der Waals surface area contributed by atoms with E-state index >= 15 is 0 Å². The maximum absolute atomic E-state index is 13.6. The van der Waals surface area contributed by atoms with E-state index in [9.17, 15) is 14.7 Å². The van der Waals surface area contributed by atoms with Crippen LogP contribution in [0.1, 0.15) is 60.0 Å². The van der Waals surface area contributed by atoms with Crippen molar-refractivity contribution in [2.75, 3.05) is 10.6 Å². The predicted octanol–water partition coefficient (Wildman–Crippen LogP) is 6.35. The predicted molar refractivity (Wildman–Crippen MR) is 167 cm³/mol. The largest absolute Gasteiger partial charge is 0.478 e. The molecular formula is C31H33Cl2N7O3. The molecule has 1 atom stereocenters. The molecule has 4 aromatic rings. The van der Waals surface area contributed by atoms with Crippen molar-refractivity contribution >= 4 is 46.8 Å². The van der Waals surface area contributed by atoms with Gasteiger partial charge >= 0.3 is 5.97 Å². The Labute approximate surface area is 259 Å². The second-order valence-electron chi connectivity index (χ2n) is 10.7. The number of carboxylic acid groups (broad SMARTS) is 1. The van der Waals surface area contributed by atoms with Gasteiger partial charge in [-0.3, -0.25) is 9.36 Å². The number of anilines is 2. The topological polar surface area (TPSA) is 134 Å². The number of carbonyl (C=O) groups is 2. The number of aromatic nitrogens is 4. The summed E-state index contributed by atoms with van der Waals surface area (Å²) in [6.07, 6.45) is 11.5. The van der Waals surface area contributed by atoms with Crippen LogP contribution < -0.4 is 16.0 Å². The molecule has 1 aliphatic carbocycles. The van der Waals surface area contributed by atoms with E-state index in [1.54, 1.807) is 65.8 Å². The van der Waals surface area contributed by atoms with Gasteiger partial charge in [-0.25, -0.2) is 9.78 Å². The Morgan fingerprint density at radius 1 is 1.00 bits per heavy atom. The van der Waals surface area contributed by atoms with Crippen molar-refractivity contribution in [3.63, 3.8) is 0 Å². The van der Waals surface area contributed by atoms with E-state index in [0.29, 0.717) is 46.5 Å². The number of aromatic carboxylic acids is 1. The van der Waals surface area contributed by atoms with Crippen LogP contribution in [0.3, 0.4) is 0 Å². The van der Waals surface area contributed by atoms with Crippen LogP contribution in [-0.4, -0.2) is 42.5 Å². The lowest BCUT2D eigenvalue weighted by Gasteiger charge is -2.27. The van der Waals surface area contributed by atoms with E-state index in [1.807, 2.05) is 6.07 Å². The molecule has 2 aromatic heterocycles. The molecule has 1 amide bonds. The average molecular weight is 623 g/mol. The van der Waals surface area contributed by atoms with Gasteiger partial charge in [0.2, 0.25) is 11.9 Å². The second kappa shape index (κ2) is 14.3. The highest BCUT2D eigenvalue weighted by Crippen LogP contribution is 2.29. The number of rotatable bonds is 12. The zero-order chi connectivity index (χ0) is 30.2. The molecule has 4 N–H and O–H groups in total. The number of carboxylic acids is 1. The fourth-order valence-corrected chi connectivity index (χ4v) is 5.67. The summed E-state index contributed by atoms with van der Waals surface area (Å²) in [6, 6.07) is 13.1. The van der Waals surface area contributed by atoms with Crippen molar-refractivity contribution in [3.05, 3.63) is 94.0 Å². The normalized spacial score (nSPS) is 14.2. The van der Waals surface area contributed by atoms with Gasteiger partial charge in [-0.1, -0.05) is 73.5 Å². The maximum atomic E-state index is 13.6. The lowest BCUT2D eigenvalue weighted by Crippen LogP contribution is -2.41. The summed E-state index contributed by atoms with van der Waals surface area (Å²) in [5.74, 6) is 0.715. The van der Waals surface area contributed by atoms with Gasteiger partial charge in [0.1, 0.15) is 24.0 Å². The number of amides is 1. The van der Waals surface area contributed by atoms with Gasteiger partial charge in [-0.05, 0) is 47.7 Å². The number of benzene rings is 2. The first-order valence-corrected chi connectivity index (χ1v) is 15.0. The SMILES string of the molecule is O=C(O)c1ccc(CNc2nc(N[C@H](CC3CCCCC3)C(=O)NCc3ccc(Cl)cc3Cl)cc(-n3ccnc3)n2)cc1. The summed E-state index contributed by atoms with van der Waals surface area (Å²) in [5, 5.41) is 19.9. The van der Waals surface area contributed by atoms with Crippen LogP contribution in [0.5, 0.6) is 0 Å². The maximum Gasteiger partial charge on any atom is 0.335 e. The van der Waals surface area contributed by atoms with Gasteiger partial charge in [0, 0.05) is 41.6 Å². The smallest absolute Gasteiger partial charge is 0.335 e. The summed E-state index contributed by atoms with van der Waals surface area (Å²) in [5.41, 5.74) is 1.86. The molecule has 2 aromatic carbocycles. The molecule has 0 saturated heterocycles. The van der Waals surface area contributed by atoms with Crippen molar-refractivity contribution in [2.24, 2.45) is 5.92 Å². The van der Waals surface area contributed by atoms with Gasteiger partial charge in [0.15, 0.2) is 0 Å². The van der Waals surface area contributed by atoms with Gasteiger partial charge in [0.25, 0.3) is 0 Å². The van der Waals surface area contributed by atoms with Crippen molar-refractivity contribution in [1.29, 1.82) is 0 Å². The Hall–Kier alpha value is -4.15. The molecule has 2 heterocycles. The van der Waals surface area contributed by atoms with Crippen LogP contribution >= 0.6 is 23.2 Å². The zero-order valence-electron chi connectivity index (χ0n) is 23.5. The molecule has 224 valence electrons.